The Bertz CT molecular complexity index is 263. The van der Waals surface area contributed by atoms with Gasteiger partial charge in [-0.3, -0.25) is 0 Å². The Morgan fingerprint density at radius 1 is 1.06 bits per heavy atom. The molecule has 0 aliphatic heterocycles. The normalized spacial score (nSPS) is 10.3. The molecule has 0 spiro atoms. The van der Waals surface area contributed by atoms with Gasteiger partial charge in [-0.1, -0.05) is 42.4 Å². The summed E-state index contributed by atoms with van der Waals surface area (Å²) >= 11 is 0. The summed E-state index contributed by atoms with van der Waals surface area (Å²) in [5.41, 5.74) is 1.22. The molecule has 0 fully saturated rings. The second-order valence-corrected chi connectivity index (χ2v) is 3.39. The summed E-state index contributed by atoms with van der Waals surface area (Å²) in [6, 6.07) is 10.2. The van der Waals surface area contributed by atoms with Crippen molar-refractivity contribution >= 4 is 0 Å². The van der Waals surface area contributed by atoms with Crippen LogP contribution in [0.4, 0.5) is 0 Å². The van der Waals surface area contributed by atoms with Gasteiger partial charge in [0.1, 0.15) is 6.29 Å². The third-order valence-corrected chi connectivity index (χ3v) is 2.12. The molecule has 1 aromatic rings. The number of hydrogen-bond acceptors (Lipinski definition) is 2. The molecule has 0 atom stereocenters. The number of rotatable bonds is 8. The van der Waals surface area contributed by atoms with Crippen LogP contribution < -0.4 is 18.9 Å². The van der Waals surface area contributed by atoms with Crippen LogP contribution in [0.5, 0.6) is 0 Å². The fourth-order valence-electron chi connectivity index (χ4n) is 1.41. The Labute approximate surface area is 116 Å². The maximum Gasteiger partial charge on any atom is 1.00 e. The van der Waals surface area contributed by atoms with E-state index in [0.717, 1.165) is 6.54 Å². The van der Waals surface area contributed by atoms with Gasteiger partial charge in [0.15, 0.2) is 0 Å². The minimum atomic E-state index is -0.196. The van der Waals surface area contributed by atoms with Crippen molar-refractivity contribution in [3.05, 3.63) is 41.2 Å². The molecule has 0 aromatic heterocycles. The second-order valence-electron chi connectivity index (χ2n) is 3.39. The second kappa shape index (κ2) is 10.8. The number of benzene rings is 1. The van der Waals surface area contributed by atoms with Gasteiger partial charge in [-0.2, -0.15) is 0 Å². The van der Waals surface area contributed by atoms with Crippen molar-refractivity contribution in [3.8, 4) is 0 Å². The minimum Gasteiger partial charge on any atom is -0.654 e. The summed E-state index contributed by atoms with van der Waals surface area (Å²) in [4.78, 5) is 0. The van der Waals surface area contributed by atoms with Crippen molar-refractivity contribution in [1.82, 2.24) is 0 Å². The Hall–Kier alpha value is -0.303. The van der Waals surface area contributed by atoms with Gasteiger partial charge >= 0.3 is 18.9 Å². The van der Waals surface area contributed by atoms with E-state index in [2.05, 4.69) is 17.4 Å². The number of hydrogen-bond donors (Lipinski definition) is 0. The Morgan fingerprint density at radius 2 is 1.65 bits per heavy atom. The van der Waals surface area contributed by atoms with Crippen LogP contribution in [-0.4, -0.2) is 26.0 Å². The third-order valence-electron chi connectivity index (χ3n) is 2.12. The van der Waals surface area contributed by atoms with E-state index in [0.29, 0.717) is 19.8 Å². The Balaban J connectivity index is 0.00000256. The Kier molecular flexibility index (Phi) is 10.6. The van der Waals surface area contributed by atoms with Gasteiger partial charge in [0.25, 0.3) is 0 Å². The molecule has 3 nitrogen and oxygen atoms in total. The molecule has 17 heavy (non-hydrogen) atoms. The van der Waals surface area contributed by atoms with Crippen molar-refractivity contribution in [2.75, 3.05) is 19.8 Å². The van der Waals surface area contributed by atoms with E-state index in [1.165, 1.54) is 5.56 Å². The summed E-state index contributed by atoms with van der Waals surface area (Å²) in [5.74, 6) is 0. The van der Waals surface area contributed by atoms with Gasteiger partial charge in [0, 0.05) is 13.2 Å². The van der Waals surface area contributed by atoms with E-state index in [-0.39, 0.29) is 25.2 Å². The van der Waals surface area contributed by atoms with E-state index in [1.807, 2.05) is 32.0 Å². The molecule has 0 unspecified atom stereocenters. The number of ether oxygens (including phenoxy) is 2. The molecule has 90 valence electrons. The summed E-state index contributed by atoms with van der Waals surface area (Å²) in [5, 5.41) is 4.43. The molecule has 1 aromatic carbocycles. The van der Waals surface area contributed by atoms with Crippen LogP contribution >= 0.6 is 0 Å². The zero-order valence-electron chi connectivity index (χ0n) is 11.1. The van der Waals surface area contributed by atoms with Gasteiger partial charge in [-0.15, -0.1) is 6.54 Å². The molecular formula is C13H20LiNO2. The van der Waals surface area contributed by atoms with Crippen LogP contribution in [0, 0.1) is 0 Å². The summed E-state index contributed by atoms with van der Waals surface area (Å²) in [6.07, 6.45) is -0.196. The predicted octanol–water partition coefficient (Wildman–Crippen LogP) is -0.0366. The molecule has 0 amide bonds. The zero-order chi connectivity index (χ0) is 11.6. The average molecular weight is 229 g/mol. The Morgan fingerprint density at radius 3 is 2.18 bits per heavy atom. The van der Waals surface area contributed by atoms with E-state index >= 15 is 0 Å². The van der Waals surface area contributed by atoms with Gasteiger partial charge in [0.2, 0.25) is 0 Å². The minimum absolute atomic E-state index is 0. The first kappa shape index (κ1) is 16.7. The SMILES string of the molecule is CCOC(C[N-]Cc1ccccc1)OCC.[Li+]. The topological polar surface area (TPSA) is 32.6 Å². The molecule has 0 radical (unpaired) electrons. The van der Waals surface area contributed by atoms with E-state index < -0.39 is 0 Å². The van der Waals surface area contributed by atoms with Crippen LogP contribution in [0.25, 0.3) is 5.32 Å². The standard InChI is InChI=1S/C13H20NO2.Li/c1-3-15-13(16-4-2)11-14-10-12-8-6-5-7-9-12;/h5-9,13H,3-4,10-11H2,1-2H3;/q-1;+1. The number of nitrogens with zero attached hydrogens (tertiary/aromatic N) is 1. The summed E-state index contributed by atoms with van der Waals surface area (Å²) in [6.45, 7) is 6.55. The van der Waals surface area contributed by atoms with Crippen molar-refractivity contribution in [2.45, 2.75) is 26.7 Å². The first-order valence-corrected chi connectivity index (χ1v) is 5.77. The van der Waals surface area contributed by atoms with Crippen LogP contribution in [0.1, 0.15) is 19.4 Å². The molecular weight excluding hydrogens is 209 g/mol. The van der Waals surface area contributed by atoms with Gasteiger partial charge in [-0.05, 0) is 13.8 Å². The molecule has 0 saturated heterocycles. The van der Waals surface area contributed by atoms with Crippen LogP contribution in [0.3, 0.4) is 0 Å². The third kappa shape index (κ3) is 7.59. The smallest absolute Gasteiger partial charge is 0.654 e. The quantitative estimate of drug-likeness (QED) is 0.463. The fourth-order valence-corrected chi connectivity index (χ4v) is 1.41. The fraction of sp³-hybridized carbons (Fsp3) is 0.538. The molecule has 1 rings (SSSR count). The molecule has 0 saturated carbocycles. The molecule has 4 heteroatoms. The molecule has 0 bridgehead atoms. The van der Waals surface area contributed by atoms with E-state index in [9.17, 15) is 0 Å². The summed E-state index contributed by atoms with van der Waals surface area (Å²) in [7, 11) is 0. The van der Waals surface area contributed by atoms with Gasteiger partial charge in [-0.25, -0.2) is 0 Å². The zero-order valence-corrected chi connectivity index (χ0v) is 11.1. The van der Waals surface area contributed by atoms with Crippen molar-refractivity contribution in [2.24, 2.45) is 0 Å². The van der Waals surface area contributed by atoms with Crippen molar-refractivity contribution < 1.29 is 28.3 Å². The largest absolute Gasteiger partial charge is 1.00 e. The molecule has 0 N–H and O–H groups in total. The maximum atomic E-state index is 5.40. The molecule has 0 heterocycles. The first-order valence-electron chi connectivity index (χ1n) is 5.77. The van der Waals surface area contributed by atoms with E-state index in [1.54, 1.807) is 0 Å². The first-order chi connectivity index (χ1) is 7.86. The van der Waals surface area contributed by atoms with E-state index in [4.69, 9.17) is 9.47 Å². The van der Waals surface area contributed by atoms with Crippen LogP contribution in [0.2, 0.25) is 0 Å². The maximum absolute atomic E-state index is 5.40. The van der Waals surface area contributed by atoms with Gasteiger partial charge < -0.3 is 14.8 Å². The predicted molar refractivity (Wildman–Crippen MR) is 65.4 cm³/mol. The van der Waals surface area contributed by atoms with Crippen molar-refractivity contribution in [1.29, 1.82) is 0 Å². The average Bonchev–Trinajstić information content (AvgIpc) is 2.31. The van der Waals surface area contributed by atoms with Crippen LogP contribution in [0.15, 0.2) is 30.3 Å². The molecule has 0 aliphatic rings. The summed E-state index contributed by atoms with van der Waals surface area (Å²) < 4.78 is 10.8. The van der Waals surface area contributed by atoms with Gasteiger partial charge in [0.05, 0.1) is 0 Å². The monoisotopic (exact) mass is 229 g/mol. The van der Waals surface area contributed by atoms with Crippen LogP contribution in [-0.2, 0) is 16.0 Å². The molecule has 0 aliphatic carbocycles. The van der Waals surface area contributed by atoms with Crippen molar-refractivity contribution in [3.63, 3.8) is 0 Å².